The smallest absolute Gasteiger partial charge is 0.153 e. The normalized spacial score (nSPS) is 9.67. The van der Waals surface area contributed by atoms with Crippen LogP contribution < -0.4 is 15.5 Å². The Bertz CT molecular complexity index is 259. The maximum Gasteiger partial charge on any atom is 0.153 e. The molecule has 0 saturated heterocycles. The summed E-state index contributed by atoms with van der Waals surface area (Å²) in [6, 6.07) is 3.76. The van der Waals surface area contributed by atoms with Gasteiger partial charge in [0.15, 0.2) is 5.75 Å². The van der Waals surface area contributed by atoms with E-state index in [1.807, 2.05) is 19.9 Å². The lowest BCUT2D eigenvalue weighted by Crippen LogP contribution is -2.04. The van der Waals surface area contributed by atoms with E-state index in [1.165, 1.54) is 0 Å². The number of nitrogens with two attached hydrogens (primary N) is 1. The summed E-state index contributed by atoms with van der Waals surface area (Å²) >= 11 is 0. The van der Waals surface area contributed by atoms with E-state index in [4.69, 9.17) is 10.6 Å². The lowest BCUT2D eigenvalue weighted by molar-refractivity contribution is 0.328. The van der Waals surface area contributed by atoms with Crippen molar-refractivity contribution >= 4 is 0 Å². The van der Waals surface area contributed by atoms with Gasteiger partial charge in [-0.15, -0.1) is 0 Å². The molecule has 0 fully saturated rings. The van der Waals surface area contributed by atoms with E-state index in [0.717, 1.165) is 16.9 Å². The fourth-order valence-electron chi connectivity index (χ4n) is 1.16. The number of hydrogen-bond donors (Lipinski definition) is 1. The highest BCUT2D eigenvalue weighted by Gasteiger charge is 2.04. The molecule has 1 aromatic rings. The molecule has 3 heteroatoms. The molecule has 0 aliphatic rings. The predicted molar refractivity (Wildman–Crippen MR) is 47.3 cm³/mol. The zero-order valence-corrected chi connectivity index (χ0v) is 7.55. The van der Waals surface area contributed by atoms with Gasteiger partial charge >= 0.3 is 0 Å². The fourth-order valence-corrected chi connectivity index (χ4v) is 1.16. The molecular formula is C9H13NO2. The van der Waals surface area contributed by atoms with Crippen molar-refractivity contribution in [3.63, 3.8) is 0 Å². The Morgan fingerprint density at radius 2 is 1.67 bits per heavy atom. The molecule has 0 unspecified atom stereocenters. The first kappa shape index (κ1) is 8.87. The largest absolute Gasteiger partial charge is 0.496 e. The molecule has 0 aliphatic heterocycles. The third-order valence-electron chi connectivity index (χ3n) is 1.82. The van der Waals surface area contributed by atoms with Crippen molar-refractivity contribution in [1.82, 2.24) is 0 Å². The molecule has 66 valence electrons. The molecule has 0 aromatic heterocycles. The van der Waals surface area contributed by atoms with Gasteiger partial charge in [0.25, 0.3) is 0 Å². The third kappa shape index (κ3) is 1.51. The summed E-state index contributed by atoms with van der Waals surface area (Å²) in [5.74, 6) is 6.51. The Kier molecular flexibility index (Phi) is 2.55. The molecule has 1 rings (SSSR count). The molecule has 0 saturated carbocycles. The van der Waals surface area contributed by atoms with E-state index >= 15 is 0 Å². The minimum Gasteiger partial charge on any atom is -0.496 e. The van der Waals surface area contributed by atoms with E-state index in [0.29, 0.717) is 5.75 Å². The van der Waals surface area contributed by atoms with E-state index in [9.17, 15) is 0 Å². The molecule has 1 aromatic carbocycles. The standard InChI is InChI=1S/C9H13NO2/c1-6-4-7(2)9(12-10)5-8(6)11-3/h4-5H,10H2,1-3H3. The Morgan fingerprint density at radius 3 is 2.17 bits per heavy atom. The van der Waals surface area contributed by atoms with Crippen LogP contribution in [0.3, 0.4) is 0 Å². The van der Waals surface area contributed by atoms with Gasteiger partial charge in [-0.25, -0.2) is 0 Å². The van der Waals surface area contributed by atoms with E-state index in [1.54, 1.807) is 13.2 Å². The lowest BCUT2D eigenvalue weighted by atomic mass is 10.1. The van der Waals surface area contributed by atoms with Crippen LogP contribution in [0.4, 0.5) is 0 Å². The van der Waals surface area contributed by atoms with Crippen LogP contribution in [-0.2, 0) is 0 Å². The van der Waals surface area contributed by atoms with Gasteiger partial charge in [0.1, 0.15) is 5.75 Å². The topological polar surface area (TPSA) is 44.5 Å². The Morgan fingerprint density at radius 1 is 1.08 bits per heavy atom. The van der Waals surface area contributed by atoms with Crippen molar-refractivity contribution in [2.45, 2.75) is 13.8 Å². The summed E-state index contributed by atoms with van der Waals surface area (Å²) in [6.45, 7) is 3.92. The van der Waals surface area contributed by atoms with Gasteiger partial charge in [-0.05, 0) is 31.0 Å². The highest BCUT2D eigenvalue weighted by atomic mass is 16.6. The number of methoxy groups -OCH3 is 1. The van der Waals surface area contributed by atoms with Crippen LogP contribution in [0.25, 0.3) is 0 Å². The van der Waals surface area contributed by atoms with Crippen molar-refractivity contribution < 1.29 is 9.57 Å². The molecular weight excluding hydrogens is 154 g/mol. The molecule has 0 aliphatic carbocycles. The van der Waals surface area contributed by atoms with Crippen LogP contribution in [0, 0.1) is 13.8 Å². The van der Waals surface area contributed by atoms with Gasteiger partial charge in [0.2, 0.25) is 0 Å². The van der Waals surface area contributed by atoms with Crippen molar-refractivity contribution in [3.8, 4) is 11.5 Å². The van der Waals surface area contributed by atoms with Gasteiger partial charge in [0, 0.05) is 6.07 Å². The van der Waals surface area contributed by atoms with Crippen molar-refractivity contribution in [1.29, 1.82) is 0 Å². The van der Waals surface area contributed by atoms with Crippen LogP contribution in [-0.4, -0.2) is 7.11 Å². The Labute approximate surface area is 72.0 Å². The first-order chi connectivity index (χ1) is 5.69. The molecule has 3 nitrogen and oxygen atoms in total. The summed E-state index contributed by atoms with van der Waals surface area (Å²) in [4.78, 5) is 4.66. The minimum atomic E-state index is 0.650. The summed E-state index contributed by atoms with van der Waals surface area (Å²) < 4.78 is 5.11. The Hall–Kier alpha value is -1.22. The monoisotopic (exact) mass is 167 g/mol. The molecule has 0 atom stereocenters. The van der Waals surface area contributed by atoms with E-state index < -0.39 is 0 Å². The molecule has 0 radical (unpaired) electrons. The number of hydrogen-bond acceptors (Lipinski definition) is 3. The highest BCUT2D eigenvalue weighted by molar-refractivity contribution is 5.45. The SMILES string of the molecule is COc1cc(ON)c(C)cc1C. The zero-order chi connectivity index (χ0) is 9.14. The van der Waals surface area contributed by atoms with Gasteiger partial charge in [0.05, 0.1) is 7.11 Å². The van der Waals surface area contributed by atoms with Crippen LogP contribution >= 0.6 is 0 Å². The second kappa shape index (κ2) is 3.45. The molecule has 0 spiro atoms. The zero-order valence-electron chi connectivity index (χ0n) is 7.55. The van der Waals surface area contributed by atoms with E-state index in [-0.39, 0.29) is 0 Å². The van der Waals surface area contributed by atoms with Crippen LogP contribution in [0.5, 0.6) is 11.5 Å². The summed E-state index contributed by atoms with van der Waals surface area (Å²) in [6.07, 6.45) is 0. The summed E-state index contributed by atoms with van der Waals surface area (Å²) in [7, 11) is 1.62. The summed E-state index contributed by atoms with van der Waals surface area (Å²) in [5.41, 5.74) is 2.09. The second-order valence-electron chi connectivity index (χ2n) is 2.71. The number of benzene rings is 1. The van der Waals surface area contributed by atoms with Gasteiger partial charge < -0.3 is 9.57 Å². The maximum absolute atomic E-state index is 5.11. The number of aryl methyl sites for hydroxylation is 2. The fraction of sp³-hybridized carbons (Fsp3) is 0.333. The average molecular weight is 167 g/mol. The lowest BCUT2D eigenvalue weighted by Gasteiger charge is -2.08. The third-order valence-corrected chi connectivity index (χ3v) is 1.82. The second-order valence-corrected chi connectivity index (χ2v) is 2.71. The number of ether oxygens (including phenoxy) is 1. The van der Waals surface area contributed by atoms with Gasteiger partial charge in [-0.3, -0.25) is 0 Å². The first-order valence-corrected chi connectivity index (χ1v) is 3.71. The van der Waals surface area contributed by atoms with Crippen molar-refractivity contribution in [3.05, 3.63) is 23.3 Å². The predicted octanol–water partition coefficient (Wildman–Crippen LogP) is 1.56. The van der Waals surface area contributed by atoms with E-state index in [2.05, 4.69) is 4.84 Å². The first-order valence-electron chi connectivity index (χ1n) is 3.71. The van der Waals surface area contributed by atoms with Crippen LogP contribution in [0.2, 0.25) is 0 Å². The minimum absolute atomic E-state index is 0.650. The Balaban J connectivity index is 3.18. The molecule has 2 N–H and O–H groups in total. The molecule has 0 bridgehead atoms. The summed E-state index contributed by atoms with van der Waals surface area (Å²) in [5, 5.41) is 0. The van der Waals surface area contributed by atoms with Gasteiger partial charge in [-0.2, -0.15) is 5.90 Å². The van der Waals surface area contributed by atoms with Crippen LogP contribution in [0.15, 0.2) is 12.1 Å². The van der Waals surface area contributed by atoms with Crippen molar-refractivity contribution in [2.24, 2.45) is 5.90 Å². The molecule has 0 amide bonds. The average Bonchev–Trinajstić information content (AvgIpc) is 2.05. The van der Waals surface area contributed by atoms with Crippen LogP contribution in [0.1, 0.15) is 11.1 Å². The van der Waals surface area contributed by atoms with Gasteiger partial charge in [-0.1, -0.05) is 0 Å². The molecule has 0 heterocycles. The van der Waals surface area contributed by atoms with Crippen molar-refractivity contribution in [2.75, 3.05) is 7.11 Å². The number of rotatable bonds is 2. The maximum atomic E-state index is 5.11. The quantitative estimate of drug-likeness (QED) is 0.680. The molecule has 12 heavy (non-hydrogen) atoms. The highest BCUT2D eigenvalue weighted by Crippen LogP contribution is 2.26.